The minimum Gasteiger partial charge on any atom is -0.507 e. The summed E-state index contributed by atoms with van der Waals surface area (Å²) in [5.74, 6) is 1.86. The quantitative estimate of drug-likeness (QED) is 0.571. The van der Waals surface area contributed by atoms with Crippen molar-refractivity contribution >= 4 is 36.5 Å². The third-order valence-corrected chi connectivity index (χ3v) is 4.77. The average Bonchev–Trinajstić information content (AvgIpc) is 3.51. The van der Waals surface area contributed by atoms with Gasteiger partial charge in [-0.2, -0.15) is 0 Å². The number of rotatable bonds is 4. The molecule has 30 heavy (non-hydrogen) atoms. The van der Waals surface area contributed by atoms with Crippen molar-refractivity contribution in [3.63, 3.8) is 0 Å². The number of hydrogen-bond acceptors (Lipinski definition) is 7. The highest BCUT2D eigenvalue weighted by molar-refractivity contribution is 6.01. The van der Waals surface area contributed by atoms with Gasteiger partial charge >= 0.3 is 0 Å². The second kappa shape index (κ2) is 9.15. The first-order valence-electron chi connectivity index (χ1n) is 9.21. The van der Waals surface area contributed by atoms with E-state index in [9.17, 15) is 5.11 Å². The highest BCUT2D eigenvalue weighted by Gasteiger charge is 2.15. The standard InChI is InChI=1S/C20H19N7O.2ClH/c28-18-11-14(20-23-8-9-24-20)4-5-16(18)17-12-27(26-25-17)15-3-1-2-13(10-15)19-21-6-7-22-19;;/h1-5,10-12,28H,6-9H2,(H,21,22)(H,23,24);2*1H. The smallest absolute Gasteiger partial charge is 0.128 e. The molecule has 156 valence electrons. The number of aliphatic imine (C=N–C) groups is 2. The molecule has 2 aliphatic heterocycles. The Labute approximate surface area is 186 Å². The Morgan fingerprint density at radius 2 is 1.57 bits per heavy atom. The predicted octanol–water partition coefficient (Wildman–Crippen LogP) is 2.18. The molecule has 3 aromatic rings. The molecular weight excluding hydrogens is 425 g/mol. The molecule has 3 N–H and O–H groups in total. The van der Waals surface area contributed by atoms with Crippen molar-refractivity contribution in [3.05, 3.63) is 59.8 Å². The van der Waals surface area contributed by atoms with Crippen molar-refractivity contribution < 1.29 is 5.11 Å². The minimum absolute atomic E-state index is 0. The van der Waals surface area contributed by atoms with Crippen LogP contribution in [0.1, 0.15) is 11.1 Å². The Kier molecular flexibility index (Phi) is 6.59. The molecule has 3 heterocycles. The van der Waals surface area contributed by atoms with Gasteiger partial charge in [0, 0.05) is 29.8 Å². The summed E-state index contributed by atoms with van der Waals surface area (Å²) in [6.07, 6.45) is 1.81. The van der Waals surface area contributed by atoms with E-state index in [0.717, 1.165) is 54.7 Å². The van der Waals surface area contributed by atoms with Gasteiger partial charge in [0.1, 0.15) is 23.1 Å². The van der Waals surface area contributed by atoms with Gasteiger partial charge in [-0.15, -0.1) is 29.9 Å². The van der Waals surface area contributed by atoms with E-state index in [2.05, 4.69) is 30.9 Å². The van der Waals surface area contributed by atoms with Crippen molar-refractivity contribution in [2.24, 2.45) is 9.98 Å². The molecule has 10 heteroatoms. The van der Waals surface area contributed by atoms with Crippen LogP contribution in [0.4, 0.5) is 0 Å². The van der Waals surface area contributed by atoms with E-state index in [1.165, 1.54) is 0 Å². The lowest BCUT2D eigenvalue weighted by Gasteiger charge is -2.06. The Morgan fingerprint density at radius 1 is 0.867 bits per heavy atom. The number of halogens is 2. The molecule has 0 radical (unpaired) electrons. The SMILES string of the molecule is Cl.Cl.Oc1cc(C2=NCCN2)ccc1-c1cn(-c2cccc(C3=NCCN3)c2)nn1. The third-order valence-electron chi connectivity index (χ3n) is 4.77. The minimum atomic E-state index is 0. The average molecular weight is 446 g/mol. The lowest BCUT2D eigenvalue weighted by Crippen LogP contribution is -2.19. The summed E-state index contributed by atoms with van der Waals surface area (Å²) in [4.78, 5) is 8.84. The second-order valence-electron chi connectivity index (χ2n) is 6.64. The Morgan fingerprint density at radius 3 is 2.20 bits per heavy atom. The lowest BCUT2D eigenvalue weighted by atomic mass is 10.1. The van der Waals surface area contributed by atoms with Crippen LogP contribution in [0.3, 0.4) is 0 Å². The summed E-state index contributed by atoms with van der Waals surface area (Å²) >= 11 is 0. The molecule has 0 spiro atoms. The molecule has 1 aromatic heterocycles. The fraction of sp³-hybridized carbons (Fsp3) is 0.200. The number of phenols is 1. The third kappa shape index (κ3) is 4.10. The fourth-order valence-electron chi connectivity index (χ4n) is 3.39. The van der Waals surface area contributed by atoms with Crippen LogP contribution in [-0.2, 0) is 0 Å². The Bertz CT molecular complexity index is 1110. The van der Waals surface area contributed by atoms with E-state index in [0.29, 0.717) is 11.3 Å². The topological polar surface area (TPSA) is 99.7 Å². The zero-order valence-corrected chi connectivity index (χ0v) is 17.6. The van der Waals surface area contributed by atoms with Crippen molar-refractivity contribution in [1.82, 2.24) is 25.6 Å². The van der Waals surface area contributed by atoms with Crippen LogP contribution < -0.4 is 10.6 Å². The number of benzene rings is 2. The van der Waals surface area contributed by atoms with Gasteiger partial charge in [0.2, 0.25) is 0 Å². The van der Waals surface area contributed by atoms with Crippen molar-refractivity contribution in [3.8, 4) is 22.7 Å². The highest BCUT2D eigenvalue weighted by Crippen LogP contribution is 2.29. The van der Waals surface area contributed by atoms with Gasteiger partial charge in [0.05, 0.1) is 25.0 Å². The fourth-order valence-corrected chi connectivity index (χ4v) is 3.39. The van der Waals surface area contributed by atoms with Crippen LogP contribution in [0.5, 0.6) is 5.75 Å². The summed E-state index contributed by atoms with van der Waals surface area (Å²) in [6.45, 7) is 3.24. The molecule has 0 saturated carbocycles. The summed E-state index contributed by atoms with van der Waals surface area (Å²) in [5, 5.41) is 25.4. The van der Waals surface area contributed by atoms with Gasteiger partial charge in [-0.3, -0.25) is 9.98 Å². The van der Waals surface area contributed by atoms with Crippen molar-refractivity contribution in [2.45, 2.75) is 0 Å². The van der Waals surface area contributed by atoms with E-state index in [4.69, 9.17) is 0 Å². The van der Waals surface area contributed by atoms with Gasteiger partial charge < -0.3 is 15.7 Å². The molecule has 2 aliphatic rings. The zero-order chi connectivity index (χ0) is 18.9. The summed E-state index contributed by atoms with van der Waals surface area (Å²) in [7, 11) is 0. The highest BCUT2D eigenvalue weighted by atomic mass is 35.5. The molecule has 0 aliphatic carbocycles. The Hall–Kier alpha value is -3.10. The molecule has 0 amide bonds. The number of nitrogens with one attached hydrogen (secondary N) is 2. The summed E-state index contributed by atoms with van der Waals surface area (Å²) in [6, 6.07) is 13.4. The number of aromatic hydroxyl groups is 1. The van der Waals surface area contributed by atoms with Gasteiger partial charge in [-0.05, 0) is 24.3 Å². The molecule has 8 nitrogen and oxygen atoms in total. The molecule has 0 fully saturated rings. The van der Waals surface area contributed by atoms with Gasteiger partial charge in [0.25, 0.3) is 0 Å². The van der Waals surface area contributed by atoms with E-state index in [1.54, 1.807) is 10.7 Å². The lowest BCUT2D eigenvalue weighted by molar-refractivity contribution is 0.477. The first kappa shape index (κ1) is 21.6. The van der Waals surface area contributed by atoms with Crippen LogP contribution in [0, 0.1) is 0 Å². The maximum atomic E-state index is 10.5. The van der Waals surface area contributed by atoms with E-state index >= 15 is 0 Å². The largest absolute Gasteiger partial charge is 0.507 e. The maximum Gasteiger partial charge on any atom is 0.128 e. The van der Waals surface area contributed by atoms with Crippen molar-refractivity contribution in [1.29, 1.82) is 0 Å². The normalized spacial score (nSPS) is 14.7. The zero-order valence-electron chi connectivity index (χ0n) is 15.9. The van der Waals surface area contributed by atoms with Crippen molar-refractivity contribution in [2.75, 3.05) is 26.2 Å². The monoisotopic (exact) mass is 445 g/mol. The molecule has 0 bridgehead atoms. The number of hydrogen-bond donors (Lipinski definition) is 3. The number of aromatic nitrogens is 3. The van der Waals surface area contributed by atoms with E-state index < -0.39 is 0 Å². The van der Waals surface area contributed by atoms with Gasteiger partial charge in [-0.1, -0.05) is 23.4 Å². The van der Waals surface area contributed by atoms with E-state index in [-0.39, 0.29) is 30.6 Å². The first-order valence-corrected chi connectivity index (χ1v) is 9.21. The van der Waals surface area contributed by atoms with Gasteiger partial charge in [0.15, 0.2) is 0 Å². The van der Waals surface area contributed by atoms with Gasteiger partial charge in [-0.25, -0.2) is 4.68 Å². The van der Waals surface area contributed by atoms with Crippen LogP contribution in [-0.4, -0.2) is 58.0 Å². The van der Waals surface area contributed by atoms with Crippen LogP contribution in [0.15, 0.2) is 58.6 Å². The van der Waals surface area contributed by atoms with E-state index in [1.807, 2.05) is 42.6 Å². The predicted molar refractivity (Wildman–Crippen MR) is 122 cm³/mol. The molecule has 0 atom stereocenters. The number of nitrogens with zero attached hydrogens (tertiary/aromatic N) is 5. The summed E-state index contributed by atoms with van der Waals surface area (Å²) in [5.41, 5.74) is 4.00. The second-order valence-corrected chi connectivity index (χ2v) is 6.64. The first-order chi connectivity index (χ1) is 13.8. The molecule has 5 rings (SSSR count). The molecule has 0 saturated heterocycles. The maximum absolute atomic E-state index is 10.5. The van der Waals surface area contributed by atoms with Crippen LogP contribution >= 0.6 is 24.8 Å². The summed E-state index contributed by atoms with van der Waals surface area (Å²) < 4.78 is 1.70. The molecular formula is C20H21Cl2N7O. The number of amidine groups is 2. The number of phenolic OH excluding ortho intramolecular Hbond substituents is 1. The molecule has 2 aromatic carbocycles. The van der Waals surface area contributed by atoms with Crippen LogP contribution in [0.25, 0.3) is 16.9 Å². The Balaban J connectivity index is 0.00000128. The molecule has 0 unspecified atom stereocenters. The van der Waals surface area contributed by atoms with Crippen LogP contribution in [0.2, 0.25) is 0 Å².